The van der Waals surface area contributed by atoms with Gasteiger partial charge in [-0.25, -0.2) is 13.4 Å². The summed E-state index contributed by atoms with van der Waals surface area (Å²) in [5.41, 5.74) is 1.53. The van der Waals surface area contributed by atoms with E-state index < -0.39 is 10.0 Å². The number of nitrogens with zero attached hydrogens (tertiary/aromatic N) is 4. The van der Waals surface area contributed by atoms with Crippen LogP contribution in [0.1, 0.15) is 54.7 Å². The van der Waals surface area contributed by atoms with E-state index in [1.165, 1.54) is 12.1 Å². The molecule has 8 heteroatoms. The second-order valence-electron chi connectivity index (χ2n) is 7.81. The van der Waals surface area contributed by atoms with Crippen LogP contribution >= 0.6 is 0 Å². The molecule has 4 rings (SSSR count). The fraction of sp³-hybridized carbons (Fsp3) is 0.524. The summed E-state index contributed by atoms with van der Waals surface area (Å²) in [7, 11) is -3.59. The number of aromatic nitrogens is 2. The lowest BCUT2D eigenvalue weighted by molar-refractivity contribution is 0.0819. The minimum absolute atomic E-state index is 0.0808. The molecule has 29 heavy (non-hydrogen) atoms. The highest BCUT2D eigenvalue weighted by molar-refractivity contribution is 7.89. The number of sulfonamides is 1. The minimum atomic E-state index is -3.59. The normalized spacial score (nSPS) is 21.7. The molecule has 1 atom stereocenters. The largest absolute Gasteiger partial charge is 0.381 e. The molecule has 2 aliphatic rings. The Kier molecular flexibility index (Phi) is 5.72. The Morgan fingerprint density at radius 1 is 1.17 bits per heavy atom. The first-order valence-corrected chi connectivity index (χ1v) is 11.6. The summed E-state index contributed by atoms with van der Waals surface area (Å²) in [6.45, 7) is 4.50. The van der Waals surface area contributed by atoms with Crippen LogP contribution in [0.2, 0.25) is 0 Å². The number of rotatable bonds is 4. The summed E-state index contributed by atoms with van der Waals surface area (Å²) in [5.74, 6) is 1.43. The van der Waals surface area contributed by atoms with Gasteiger partial charge in [-0.15, -0.1) is 0 Å². The zero-order valence-corrected chi connectivity index (χ0v) is 17.4. The molecule has 3 heterocycles. The molecule has 1 unspecified atom stereocenters. The zero-order chi connectivity index (χ0) is 20.4. The third-order valence-electron chi connectivity index (χ3n) is 5.94. The molecule has 2 aliphatic heterocycles. The first-order valence-electron chi connectivity index (χ1n) is 10.1. The van der Waals surface area contributed by atoms with Crippen molar-refractivity contribution in [2.75, 3.05) is 26.3 Å². The second-order valence-corrected chi connectivity index (χ2v) is 9.75. The number of ether oxygens (including phenoxy) is 1. The van der Waals surface area contributed by atoms with Crippen molar-refractivity contribution in [3.05, 3.63) is 47.5 Å². The van der Waals surface area contributed by atoms with Crippen molar-refractivity contribution in [3.63, 3.8) is 0 Å². The highest BCUT2D eigenvalue weighted by atomic mass is 32.2. The molecule has 2 aromatic rings. The number of imidazole rings is 1. The van der Waals surface area contributed by atoms with Crippen LogP contribution in [-0.2, 0) is 14.8 Å². The Bertz CT molecular complexity index is 1000. The fourth-order valence-corrected chi connectivity index (χ4v) is 5.91. The molecule has 0 aliphatic carbocycles. The van der Waals surface area contributed by atoms with Crippen LogP contribution in [0, 0.1) is 18.3 Å². The molecule has 1 aromatic carbocycles. The van der Waals surface area contributed by atoms with Gasteiger partial charge >= 0.3 is 0 Å². The van der Waals surface area contributed by atoms with Crippen LogP contribution in [-0.4, -0.2) is 48.6 Å². The van der Waals surface area contributed by atoms with Gasteiger partial charge in [0.15, 0.2) is 0 Å². The van der Waals surface area contributed by atoms with Gasteiger partial charge in [0.2, 0.25) is 10.0 Å². The van der Waals surface area contributed by atoms with Crippen molar-refractivity contribution in [3.8, 4) is 6.07 Å². The Hall–Kier alpha value is -2.21. The van der Waals surface area contributed by atoms with E-state index in [-0.39, 0.29) is 10.9 Å². The highest BCUT2D eigenvalue weighted by Crippen LogP contribution is 2.33. The van der Waals surface area contributed by atoms with E-state index in [1.54, 1.807) is 16.4 Å². The highest BCUT2D eigenvalue weighted by Gasteiger charge is 2.33. The molecule has 2 fully saturated rings. The summed E-state index contributed by atoms with van der Waals surface area (Å²) >= 11 is 0. The molecule has 0 N–H and O–H groups in total. The number of piperidine rings is 1. The Balaban J connectivity index is 1.59. The first-order chi connectivity index (χ1) is 14.0. The average molecular weight is 415 g/mol. The summed E-state index contributed by atoms with van der Waals surface area (Å²) in [6.07, 6.45) is 5.56. The number of aryl methyl sites for hydroxylation is 1. The maximum atomic E-state index is 13.2. The fourth-order valence-electron chi connectivity index (χ4n) is 4.40. The van der Waals surface area contributed by atoms with E-state index in [4.69, 9.17) is 10.00 Å². The van der Waals surface area contributed by atoms with Crippen molar-refractivity contribution in [1.82, 2.24) is 13.9 Å². The van der Waals surface area contributed by atoms with Crippen molar-refractivity contribution >= 4 is 10.0 Å². The van der Waals surface area contributed by atoms with E-state index in [0.29, 0.717) is 24.6 Å². The molecule has 1 aromatic heterocycles. The van der Waals surface area contributed by atoms with E-state index in [9.17, 15) is 8.42 Å². The maximum absolute atomic E-state index is 13.2. The molecule has 7 nitrogen and oxygen atoms in total. The number of benzene rings is 1. The van der Waals surface area contributed by atoms with Crippen molar-refractivity contribution < 1.29 is 13.2 Å². The average Bonchev–Trinajstić information content (AvgIpc) is 3.16. The SMILES string of the molecule is Cc1cnc(C2CCOCC2)n1C1CCCN(S(=O)(=O)c2ccc(C#N)cc2)C1. The standard InChI is InChI=1S/C21H26N4O3S/c1-16-14-23-21(18-8-11-28-12-9-18)25(16)19-3-2-10-24(15-19)29(26,27)20-6-4-17(13-22)5-7-20/h4-7,14,18-19H,2-3,8-12,15H2,1H3. The summed E-state index contributed by atoms with van der Waals surface area (Å²) in [6, 6.07) is 8.26. The molecule has 0 saturated carbocycles. The molecule has 0 amide bonds. The third kappa shape index (κ3) is 3.95. The lowest BCUT2D eigenvalue weighted by atomic mass is 9.98. The van der Waals surface area contributed by atoms with E-state index in [1.807, 2.05) is 19.2 Å². The van der Waals surface area contributed by atoms with Gasteiger partial charge in [0, 0.05) is 50.2 Å². The molecule has 154 valence electrons. The monoisotopic (exact) mass is 414 g/mol. The Morgan fingerprint density at radius 3 is 2.59 bits per heavy atom. The molecule has 0 radical (unpaired) electrons. The Morgan fingerprint density at radius 2 is 1.90 bits per heavy atom. The van der Waals surface area contributed by atoms with Crippen LogP contribution in [0.5, 0.6) is 0 Å². The summed E-state index contributed by atoms with van der Waals surface area (Å²) in [4.78, 5) is 4.93. The van der Waals surface area contributed by atoms with Gasteiger partial charge < -0.3 is 9.30 Å². The third-order valence-corrected chi connectivity index (χ3v) is 7.82. The topological polar surface area (TPSA) is 88.2 Å². The molecular formula is C21H26N4O3S. The molecular weight excluding hydrogens is 388 g/mol. The van der Waals surface area contributed by atoms with Gasteiger partial charge in [0.05, 0.1) is 16.5 Å². The van der Waals surface area contributed by atoms with Gasteiger partial charge in [0.25, 0.3) is 0 Å². The number of nitriles is 1. The first kappa shape index (κ1) is 20.1. The lowest BCUT2D eigenvalue weighted by Crippen LogP contribution is -2.41. The van der Waals surface area contributed by atoms with Crippen molar-refractivity contribution in [2.45, 2.75) is 49.5 Å². The number of hydrogen-bond acceptors (Lipinski definition) is 5. The summed E-state index contributed by atoms with van der Waals surface area (Å²) < 4.78 is 35.7. The van der Waals surface area contributed by atoms with Crippen LogP contribution in [0.4, 0.5) is 0 Å². The van der Waals surface area contributed by atoms with Crippen molar-refractivity contribution in [1.29, 1.82) is 5.26 Å². The van der Waals surface area contributed by atoms with Gasteiger partial charge in [-0.2, -0.15) is 9.57 Å². The Labute approximate surface area is 172 Å². The molecule has 0 bridgehead atoms. The zero-order valence-electron chi connectivity index (χ0n) is 16.6. The van der Waals surface area contributed by atoms with E-state index >= 15 is 0 Å². The van der Waals surface area contributed by atoms with E-state index in [2.05, 4.69) is 9.55 Å². The predicted molar refractivity (Wildman–Crippen MR) is 108 cm³/mol. The van der Waals surface area contributed by atoms with Gasteiger partial charge in [-0.3, -0.25) is 0 Å². The smallest absolute Gasteiger partial charge is 0.243 e. The van der Waals surface area contributed by atoms with Crippen LogP contribution in [0.25, 0.3) is 0 Å². The van der Waals surface area contributed by atoms with E-state index in [0.717, 1.165) is 50.4 Å². The van der Waals surface area contributed by atoms with Gasteiger partial charge in [-0.05, 0) is 56.9 Å². The quantitative estimate of drug-likeness (QED) is 0.767. The predicted octanol–water partition coefficient (Wildman–Crippen LogP) is 2.98. The van der Waals surface area contributed by atoms with Crippen LogP contribution in [0.15, 0.2) is 35.4 Å². The van der Waals surface area contributed by atoms with Gasteiger partial charge in [-0.1, -0.05) is 0 Å². The van der Waals surface area contributed by atoms with Crippen LogP contribution in [0.3, 0.4) is 0 Å². The lowest BCUT2D eigenvalue weighted by Gasteiger charge is -2.35. The number of hydrogen-bond donors (Lipinski definition) is 0. The van der Waals surface area contributed by atoms with Gasteiger partial charge in [0.1, 0.15) is 5.82 Å². The van der Waals surface area contributed by atoms with Crippen LogP contribution < -0.4 is 0 Å². The molecule has 2 saturated heterocycles. The second kappa shape index (κ2) is 8.27. The summed E-state index contributed by atoms with van der Waals surface area (Å²) in [5, 5.41) is 8.95. The maximum Gasteiger partial charge on any atom is 0.243 e. The van der Waals surface area contributed by atoms with Crippen molar-refractivity contribution in [2.24, 2.45) is 0 Å². The molecule has 0 spiro atoms. The minimum Gasteiger partial charge on any atom is -0.381 e.